The van der Waals surface area contributed by atoms with E-state index in [0.717, 1.165) is 0 Å². The predicted molar refractivity (Wildman–Crippen MR) is 54.9 cm³/mol. The summed E-state index contributed by atoms with van der Waals surface area (Å²) >= 11 is 0. The van der Waals surface area contributed by atoms with Crippen molar-refractivity contribution in [3.8, 4) is 0 Å². The maximum absolute atomic E-state index is 10.5. The van der Waals surface area contributed by atoms with E-state index in [0.29, 0.717) is 0 Å². The van der Waals surface area contributed by atoms with Gasteiger partial charge in [0.05, 0.1) is 13.0 Å². The van der Waals surface area contributed by atoms with Crippen LogP contribution in [-0.4, -0.2) is 75.8 Å². The summed E-state index contributed by atoms with van der Waals surface area (Å²) in [6, 6.07) is 0. The zero-order chi connectivity index (χ0) is 15.3. The van der Waals surface area contributed by atoms with Crippen molar-refractivity contribution < 1.29 is 50.1 Å². The lowest BCUT2D eigenvalue weighted by Gasteiger charge is -2.62. The Bertz CT molecular complexity index is 341. The number of nitrogens with zero attached hydrogens (tertiary/aromatic N) is 1. The van der Waals surface area contributed by atoms with E-state index in [-0.39, 0.29) is 0 Å². The normalized spacial score (nSPS) is 25.5. The van der Waals surface area contributed by atoms with Crippen LogP contribution < -0.4 is 0 Å². The number of aliphatic carboxylic acids is 1. The van der Waals surface area contributed by atoms with E-state index in [1.165, 1.54) is 6.92 Å². The Hall–Kier alpha value is -0.850. The Labute approximate surface area is 107 Å². The van der Waals surface area contributed by atoms with Crippen molar-refractivity contribution in [2.75, 3.05) is 6.54 Å². The van der Waals surface area contributed by atoms with Crippen LogP contribution in [0, 0.1) is 5.92 Å². The van der Waals surface area contributed by atoms with Crippen LogP contribution in [0.25, 0.3) is 0 Å². The molecule has 0 aromatic heterocycles. The Morgan fingerprint density at radius 3 is 1.89 bits per heavy atom. The molecule has 112 valence electrons. The van der Waals surface area contributed by atoms with Crippen LogP contribution in [0.4, 0.5) is 0 Å². The molecule has 1 fully saturated rings. The van der Waals surface area contributed by atoms with E-state index in [2.05, 4.69) is 0 Å². The number of carboxylic acid groups (broad SMARTS) is 1. The van der Waals surface area contributed by atoms with Gasteiger partial charge in [-0.15, -0.1) is 4.48 Å². The maximum atomic E-state index is 10.5. The Morgan fingerprint density at radius 2 is 1.63 bits per heavy atom. The van der Waals surface area contributed by atoms with E-state index >= 15 is 0 Å². The van der Waals surface area contributed by atoms with Gasteiger partial charge in [-0.25, -0.2) is 0 Å². The number of carbonyl (C=O) groups is 1. The van der Waals surface area contributed by atoms with E-state index in [1.807, 2.05) is 0 Å². The van der Waals surface area contributed by atoms with Crippen molar-refractivity contribution >= 4 is 5.97 Å². The second-order valence-corrected chi connectivity index (χ2v) is 5.02. The second kappa shape index (κ2) is 4.33. The highest BCUT2D eigenvalue weighted by Gasteiger charge is 2.83. The topological polar surface area (TPSA) is 179 Å². The lowest BCUT2D eigenvalue weighted by molar-refractivity contribution is -1.23. The molecular weight excluding hydrogens is 266 g/mol. The molecule has 10 heteroatoms. The van der Waals surface area contributed by atoms with Crippen LogP contribution in [0.3, 0.4) is 0 Å². The summed E-state index contributed by atoms with van der Waals surface area (Å²) < 4.78 is -2.11. The zero-order valence-corrected chi connectivity index (χ0v) is 10.1. The quantitative estimate of drug-likeness (QED) is 0.185. The van der Waals surface area contributed by atoms with Gasteiger partial charge in [0.15, 0.2) is 6.42 Å². The summed E-state index contributed by atoms with van der Waals surface area (Å²) in [6.45, 7) is 0.486. The summed E-state index contributed by atoms with van der Waals surface area (Å²) in [5.74, 6) is -8.24. The van der Waals surface area contributed by atoms with E-state index < -0.39 is 53.7 Å². The first kappa shape index (κ1) is 16.2. The predicted octanol–water partition coefficient (Wildman–Crippen LogP) is -3.82. The maximum Gasteiger partial charge on any atom is 0.450 e. The fraction of sp³-hybridized carbons (Fsp3) is 0.889. The van der Waals surface area contributed by atoms with Crippen molar-refractivity contribution in [1.82, 2.24) is 0 Å². The molecule has 10 nitrogen and oxygen atoms in total. The number of quaternary nitrogens is 1. The average Bonchev–Trinajstić information content (AvgIpc) is 2.07. The van der Waals surface area contributed by atoms with Crippen molar-refractivity contribution in [3.05, 3.63) is 0 Å². The van der Waals surface area contributed by atoms with E-state index in [4.69, 9.17) is 5.11 Å². The van der Waals surface area contributed by atoms with Crippen LogP contribution in [0.5, 0.6) is 0 Å². The molecule has 0 aliphatic carbocycles. The van der Waals surface area contributed by atoms with E-state index in [9.17, 15) is 40.5 Å². The van der Waals surface area contributed by atoms with Gasteiger partial charge in [0.2, 0.25) is 0 Å². The molecule has 0 radical (unpaired) electrons. The Kier molecular flexibility index (Phi) is 3.69. The summed E-state index contributed by atoms with van der Waals surface area (Å²) in [5, 5.41) is 74.5. The van der Waals surface area contributed by atoms with Crippen LogP contribution >= 0.6 is 0 Å². The summed E-state index contributed by atoms with van der Waals surface area (Å²) in [4.78, 5) is 10.5. The SMILES string of the molecule is CC(CC(=O)O)C[N+]1(C(O)(O)O)C(O)(O)CC1(O)O. The largest absolute Gasteiger partial charge is 0.481 e. The van der Waals surface area contributed by atoms with Gasteiger partial charge >= 0.3 is 23.9 Å². The fourth-order valence-corrected chi connectivity index (χ4v) is 2.51. The van der Waals surface area contributed by atoms with Crippen LogP contribution in [0.1, 0.15) is 19.8 Å². The molecule has 1 aliphatic rings. The summed E-state index contributed by atoms with van der Waals surface area (Å²) in [7, 11) is 0. The molecule has 0 spiro atoms. The molecule has 8 N–H and O–H groups in total. The van der Waals surface area contributed by atoms with Crippen LogP contribution in [-0.2, 0) is 4.79 Å². The molecule has 1 rings (SSSR count). The van der Waals surface area contributed by atoms with Crippen LogP contribution in [0.2, 0.25) is 0 Å². The molecule has 0 aromatic rings. The van der Waals surface area contributed by atoms with Crippen molar-refractivity contribution in [3.63, 3.8) is 0 Å². The van der Waals surface area contributed by atoms with Crippen molar-refractivity contribution in [1.29, 1.82) is 0 Å². The molecule has 0 amide bonds. The molecule has 0 aromatic carbocycles. The summed E-state index contributed by atoms with van der Waals surface area (Å²) in [5.41, 5.74) is 0. The molecular formula is C9H18NO9+. The highest BCUT2D eigenvalue weighted by molar-refractivity contribution is 5.66. The smallest absolute Gasteiger partial charge is 0.450 e. The van der Waals surface area contributed by atoms with Gasteiger partial charge in [-0.3, -0.25) is 20.1 Å². The molecule has 1 saturated heterocycles. The third-order valence-electron chi connectivity index (χ3n) is 3.32. The number of likely N-dealkylation sites (tertiary alicyclic amines) is 1. The third kappa shape index (κ3) is 2.32. The van der Waals surface area contributed by atoms with E-state index in [1.54, 1.807) is 0 Å². The third-order valence-corrected chi connectivity index (χ3v) is 3.32. The minimum Gasteiger partial charge on any atom is -0.481 e. The molecule has 1 unspecified atom stereocenters. The molecule has 0 bridgehead atoms. The summed E-state index contributed by atoms with van der Waals surface area (Å²) in [6.07, 6.45) is -5.45. The lowest BCUT2D eigenvalue weighted by atomic mass is 9.93. The highest BCUT2D eigenvalue weighted by atomic mass is 16.8. The second-order valence-electron chi connectivity index (χ2n) is 5.02. The molecule has 1 atom stereocenters. The van der Waals surface area contributed by atoms with Gasteiger partial charge in [0.25, 0.3) is 0 Å². The standard InChI is InChI=1S/C9H17NO9/c1-5(2-6(11)12)3-10(9(17,18)19)7(13,14)4-8(10,15)16/h5,13-19H,2-4H2,1H3/p+1. The van der Waals surface area contributed by atoms with Gasteiger partial charge in [-0.2, -0.15) is 0 Å². The van der Waals surface area contributed by atoms with Crippen molar-refractivity contribution in [2.24, 2.45) is 5.92 Å². The first-order valence-electron chi connectivity index (χ1n) is 5.43. The first-order chi connectivity index (χ1) is 8.27. The number of carboxylic acids is 1. The number of hydrogen-bond donors (Lipinski definition) is 8. The molecule has 19 heavy (non-hydrogen) atoms. The number of rotatable bonds is 5. The fourth-order valence-electron chi connectivity index (χ4n) is 2.51. The van der Waals surface area contributed by atoms with Crippen molar-refractivity contribution in [2.45, 2.75) is 37.7 Å². The van der Waals surface area contributed by atoms with Gasteiger partial charge in [-0.1, -0.05) is 6.92 Å². The Balaban J connectivity index is 3.13. The number of hydrogen-bond acceptors (Lipinski definition) is 8. The Morgan fingerprint density at radius 1 is 1.21 bits per heavy atom. The average molecular weight is 284 g/mol. The molecule has 1 heterocycles. The molecule has 0 saturated carbocycles. The minimum atomic E-state index is -3.88. The van der Waals surface area contributed by atoms with Gasteiger partial charge in [0.1, 0.15) is 0 Å². The lowest BCUT2D eigenvalue weighted by Crippen LogP contribution is -2.93. The van der Waals surface area contributed by atoms with Gasteiger partial charge < -0.3 is 25.5 Å². The highest BCUT2D eigenvalue weighted by Crippen LogP contribution is 2.51. The van der Waals surface area contributed by atoms with Gasteiger partial charge in [-0.05, 0) is 0 Å². The van der Waals surface area contributed by atoms with Gasteiger partial charge in [0, 0.05) is 5.92 Å². The van der Waals surface area contributed by atoms with Crippen LogP contribution in [0.15, 0.2) is 0 Å². The monoisotopic (exact) mass is 284 g/mol. The first-order valence-corrected chi connectivity index (χ1v) is 5.43. The zero-order valence-electron chi connectivity index (χ0n) is 10.1. The molecule has 1 aliphatic heterocycles. The minimum absolute atomic E-state index is 0.512. The number of aliphatic hydroxyl groups is 7.